The summed E-state index contributed by atoms with van der Waals surface area (Å²) in [6.07, 6.45) is 0. The highest BCUT2D eigenvalue weighted by molar-refractivity contribution is 6.27. The van der Waals surface area contributed by atoms with Gasteiger partial charge < -0.3 is 10.6 Å². The molecule has 29 heavy (non-hydrogen) atoms. The van der Waals surface area contributed by atoms with Crippen LogP contribution in [0.2, 0.25) is 0 Å². The molecule has 8 nitrogen and oxygen atoms in total. The van der Waals surface area contributed by atoms with Gasteiger partial charge >= 0.3 is 0 Å². The lowest BCUT2D eigenvalue weighted by molar-refractivity contribution is -0.118. The Balaban J connectivity index is 1.85. The van der Waals surface area contributed by atoms with E-state index in [9.17, 15) is 9.59 Å². The number of amides is 2. The summed E-state index contributed by atoms with van der Waals surface area (Å²) < 4.78 is 0. The Hall–Kier alpha value is -3.00. The number of aromatic nitrogens is 4. The van der Waals surface area contributed by atoms with E-state index in [1.807, 2.05) is 63.2 Å². The van der Waals surface area contributed by atoms with Crippen molar-refractivity contribution in [2.45, 2.75) is 32.4 Å². The first-order chi connectivity index (χ1) is 13.8. The lowest BCUT2D eigenvalue weighted by atomic mass is 10.0. The van der Waals surface area contributed by atoms with E-state index in [1.54, 1.807) is 0 Å². The molecule has 152 valence electrons. The molecule has 3 rings (SSSR count). The summed E-state index contributed by atoms with van der Waals surface area (Å²) >= 11 is 5.58. The first-order valence-corrected chi connectivity index (χ1v) is 9.74. The topological polar surface area (TPSA) is 102 Å². The van der Waals surface area contributed by atoms with Crippen molar-refractivity contribution in [1.82, 2.24) is 30.8 Å². The van der Waals surface area contributed by atoms with Crippen molar-refractivity contribution in [3.8, 4) is 0 Å². The number of fused-ring (bicyclic) bond motifs is 1. The van der Waals surface area contributed by atoms with E-state index in [0.29, 0.717) is 0 Å². The third kappa shape index (κ3) is 5.08. The Morgan fingerprint density at radius 2 is 1.86 bits per heavy atom. The number of tetrazole rings is 1. The van der Waals surface area contributed by atoms with Crippen LogP contribution in [0.5, 0.6) is 0 Å². The molecule has 0 spiro atoms. The lowest BCUT2D eigenvalue weighted by Crippen LogP contribution is -2.38. The van der Waals surface area contributed by atoms with Crippen LogP contribution in [0, 0.1) is 0 Å². The third-order valence-electron chi connectivity index (χ3n) is 4.32. The zero-order chi connectivity index (χ0) is 21.0. The number of hydrogen-bond acceptors (Lipinski definition) is 5. The van der Waals surface area contributed by atoms with Crippen molar-refractivity contribution in [2.24, 2.45) is 0 Å². The quantitative estimate of drug-likeness (QED) is 0.603. The Morgan fingerprint density at radius 3 is 2.52 bits per heavy atom. The molecular formula is C20H23ClN6O2. The minimum atomic E-state index is -0.485. The molecule has 2 aromatic carbocycles. The predicted octanol–water partition coefficient (Wildman–Crippen LogP) is 2.41. The number of rotatable bonds is 6. The zero-order valence-corrected chi connectivity index (χ0v) is 17.3. The van der Waals surface area contributed by atoms with Gasteiger partial charge in [0.05, 0.1) is 11.6 Å². The molecule has 0 radical (unpaired) electrons. The first-order valence-electron chi connectivity index (χ1n) is 9.20. The van der Waals surface area contributed by atoms with Crippen LogP contribution in [0.3, 0.4) is 0 Å². The smallest absolute Gasteiger partial charge is 0.293 e. The molecule has 0 saturated carbocycles. The Labute approximate surface area is 173 Å². The summed E-state index contributed by atoms with van der Waals surface area (Å²) in [5.74, 6) is -0.975. The summed E-state index contributed by atoms with van der Waals surface area (Å²) in [6, 6.07) is 13.3. The van der Waals surface area contributed by atoms with Crippen LogP contribution in [0.4, 0.5) is 0 Å². The van der Waals surface area contributed by atoms with Crippen molar-refractivity contribution in [3.63, 3.8) is 0 Å². The molecule has 0 fully saturated rings. The van der Waals surface area contributed by atoms with Crippen molar-refractivity contribution in [3.05, 3.63) is 53.9 Å². The van der Waals surface area contributed by atoms with Crippen LogP contribution in [-0.2, 0) is 10.3 Å². The molecular weight excluding hydrogens is 392 g/mol. The Kier molecular flexibility index (Phi) is 6.12. The van der Waals surface area contributed by atoms with E-state index in [-0.39, 0.29) is 24.2 Å². The van der Waals surface area contributed by atoms with Gasteiger partial charge in [0.15, 0.2) is 0 Å². The van der Waals surface area contributed by atoms with Gasteiger partial charge in [-0.25, -0.2) is 0 Å². The number of hydrogen-bond donors (Lipinski definition) is 2. The molecule has 1 unspecified atom stereocenters. The molecule has 2 amide bonds. The van der Waals surface area contributed by atoms with Crippen LogP contribution in [0.1, 0.15) is 43.0 Å². The monoisotopic (exact) mass is 414 g/mol. The molecule has 0 bridgehead atoms. The van der Waals surface area contributed by atoms with Gasteiger partial charge in [-0.3, -0.25) is 9.59 Å². The largest absolute Gasteiger partial charge is 0.353 e. The number of alkyl halides is 1. The highest BCUT2D eigenvalue weighted by Crippen LogP contribution is 2.20. The predicted molar refractivity (Wildman–Crippen MR) is 111 cm³/mol. The second kappa shape index (κ2) is 8.57. The van der Waals surface area contributed by atoms with E-state index in [1.165, 1.54) is 4.80 Å². The number of nitrogens with zero attached hydrogens (tertiary/aromatic N) is 4. The SMILES string of the molecule is CC(C)(C)n1nnc(C(=O)NC(CNC(=O)CCl)c2ccc3ccccc3c2)n1. The minimum Gasteiger partial charge on any atom is -0.353 e. The fraction of sp³-hybridized carbons (Fsp3) is 0.350. The molecule has 3 aromatic rings. The Bertz CT molecular complexity index is 1030. The van der Waals surface area contributed by atoms with Crippen LogP contribution in [-0.4, -0.2) is 44.4 Å². The highest BCUT2D eigenvalue weighted by atomic mass is 35.5. The van der Waals surface area contributed by atoms with E-state index < -0.39 is 17.5 Å². The third-order valence-corrected chi connectivity index (χ3v) is 4.57. The van der Waals surface area contributed by atoms with Crippen LogP contribution in [0.15, 0.2) is 42.5 Å². The molecule has 9 heteroatoms. The van der Waals surface area contributed by atoms with Crippen molar-refractivity contribution in [1.29, 1.82) is 0 Å². The zero-order valence-electron chi connectivity index (χ0n) is 16.5. The molecule has 0 aliphatic carbocycles. The van der Waals surface area contributed by atoms with Crippen LogP contribution in [0.25, 0.3) is 10.8 Å². The van der Waals surface area contributed by atoms with Gasteiger partial charge in [-0.05, 0) is 48.4 Å². The summed E-state index contributed by atoms with van der Waals surface area (Å²) in [5.41, 5.74) is 0.451. The average Bonchev–Trinajstić information content (AvgIpc) is 3.21. The number of nitrogens with one attached hydrogen (secondary N) is 2. The van der Waals surface area contributed by atoms with Gasteiger partial charge in [-0.2, -0.15) is 4.80 Å². The maximum atomic E-state index is 12.7. The van der Waals surface area contributed by atoms with Crippen molar-refractivity contribution >= 4 is 34.2 Å². The Morgan fingerprint density at radius 1 is 1.14 bits per heavy atom. The second-order valence-electron chi connectivity index (χ2n) is 7.64. The molecule has 1 atom stereocenters. The second-order valence-corrected chi connectivity index (χ2v) is 7.91. The van der Waals surface area contributed by atoms with E-state index in [0.717, 1.165) is 16.3 Å². The molecule has 0 saturated heterocycles. The maximum Gasteiger partial charge on any atom is 0.293 e. The molecule has 0 aliphatic heterocycles. The molecule has 2 N–H and O–H groups in total. The number of halogens is 1. The number of carbonyl (C=O) groups excluding carboxylic acids is 2. The van der Waals surface area contributed by atoms with Gasteiger partial charge in [0, 0.05) is 6.54 Å². The van der Waals surface area contributed by atoms with Crippen molar-refractivity contribution < 1.29 is 9.59 Å². The standard InChI is InChI=1S/C20H23ClN6O2/c1-20(2,3)27-25-18(24-26-27)19(29)23-16(12-22-17(28)11-21)15-9-8-13-6-4-5-7-14(13)10-15/h4-10,16H,11-12H2,1-3H3,(H,22,28)(H,23,29). The van der Waals surface area contributed by atoms with Gasteiger partial charge in [0.25, 0.3) is 11.7 Å². The van der Waals surface area contributed by atoms with Crippen LogP contribution >= 0.6 is 11.6 Å². The first kappa shape index (κ1) is 20.7. The van der Waals surface area contributed by atoms with Gasteiger partial charge in [-0.15, -0.1) is 21.8 Å². The summed E-state index contributed by atoms with van der Waals surface area (Å²) in [4.78, 5) is 25.7. The van der Waals surface area contributed by atoms with Gasteiger partial charge in [-0.1, -0.05) is 36.4 Å². The van der Waals surface area contributed by atoms with Crippen LogP contribution < -0.4 is 10.6 Å². The average molecular weight is 415 g/mol. The van der Waals surface area contributed by atoms with E-state index >= 15 is 0 Å². The van der Waals surface area contributed by atoms with Gasteiger partial charge in [0.2, 0.25) is 5.91 Å². The molecule has 0 aliphatic rings. The molecule has 1 heterocycles. The van der Waals surface area contributed by atoms with Crippen molar-refractivity contribution in [2.75, 3.05) is 12.4 Å². The van der Waals surface area contributed by atoms with E-state index in [2.05, 4.69) is 26.0 Å². The molecule has 1 aromatic heterocycles. The van der Waals surface area contributed by atoms with Gasteiger partial charge in [0.1, 0.15) is 5.88 Å². The fourth-order valence-electron chi connectivity index (χ4n) is 2.75. The normalized spacial score (nSPS) is 12.6. The maximum absolute atomic E-state index is 12.7. The van der Waals surface area contributed by atoms with E-state index in [4.69, 9.17) is 11.6 Å². The number of benzene rings is 2. The summed E-state index contributed by atoms with van der Waals surface area (Å²) in [7, 11) is 0. The highest BCUT2D eigenvalue weighted by Gasteiger charge is 2.23. The lowest BCUT2D eigenvalue weighted by Gasteiger charge is -2.19. The fourth-order valence-corrected chi connectivity index (χ4v) is 2.85. The minimum absolute atomic E-state index is 0.0330. The summed E-state index contributed by atoms with van der Waals surface area (Å²) in [6.45, 7) is 5.92. The summed E-state index contributed by atoms with van der Waals surface area (Å²) in [5, 5.41) is 19.7. The number of carbonyl (C=O) groups is 2.